The van der Waals surface area contributed by atoms with E-state index in [-0.39, 0.29) is 24.5 Å². The zero-order valence-corrected chi connectivity index (χ0v) is 14.1. The van der Waals surface area contributed by atoms with Crippen LogP contribution in [0.1, 0.15) is 23.2 Å². The Morgan fingerprint density at radius 1 is 0.920 bits per heavy atom. The third-order valence-corrected chi connectivity index (χ3v) is 4.20. The number of amides is 1. The number of anilines is 2. The van der Waals surface area contributed by atoms with Gasteiger partial charge in [-0.2, -0.15) is 0 Å². The second kappa shape index (κ2) is 8.44. The fourth-order valence-corrected chi connectivity index (χ4v) is 2.80. The molecule has 1 amide bonds. The minimum absolute atomic E-state index is 0.0154. The fourth-order valence-electron chi connectivity index (χ4n) is 2.80. The molecule has 1 fully saturated rings. The maximum Gasteiger partial charge on any atom is 0.224 e. The fraction of sp³-hybridized carbons (Fsp3) is 0.300. The lowest BCUT2D eigenvalue weighted by Crippen LogP contribution is -2.36. The van der Waals surface area contributed by atoms with Crippen LogP contribution in [0.5, 0.6) is 0 Å². The summed E-state index contributed by atoms with van der Waals surface area (Å²) < 4.78 is 5.35. The van der Waals surface area contributed by atoms with Crippen LogP contribution < -0.4 is 10.2 Å². The maximum atomic E-state index is 12.0. The third-order valence-electron chi connectivity index (χ3n) is 4.20. The molecule has 25 heavy (non-hydrogen) atoms. The van der Waals surface area contributed by atoms with Gasteiger partial charge in [0, 0.05) is 42.9 Å². The van der Waals surface area contributed by atoms with Crippen LogP contribution in [-0.4, -0.2) is 38.0 Å². The van der Waals surface area contributed by atoms with Gasteiger partial charge in [0.15, 0.2) is 5.78 Å². The maximum absolute atomic E-state index is 12.0. The van der Waals surface area contributed by atoms with Crippen LogP contribution in [0.15, 0.2) is 54.6 Å². The first kappa shape index (κ1) is 17.2. The predicted molar refractivity (Wildman–Crippen MR) is 98.1 cm³/mol. The zero-order valence-electron chi connectivity index (χ0n) is 14.1. The normalized spacial score (nSPS) is 14.2. The minimum Gasteiger partial charge on any atom is -0.378 e. The average molecular weight is 338 g/mol. The summed E-state index contributed by atoms with van der Waals surface area (Å²) in [6, 6.07) is 16.8. The van der Waals surface area contributed by atoms with Crippen molar-refractivity contribution in [3.63, 3.8) is 0 Å². The lowest BCUT2D eigenvalue weighted by atomic mass is 10.1. The molecule has 0 unspecified atom stereocenters. The minimum atomic E-state index is -0.150. The lowest BCUT2D eigenvalue weighted by Gasteiger charge is -2.28. The number of hydrogen-bond acceptors (Lipinski definition) is 4. The second-order valence-electron chi connectivity index (χ2n) is 5.98. The Morgan fingerprint density at radius 2 is 1.60 bits per heavy atom. The van der Waals surface area contributed by atoms with Crippen molar-refractivity contribution in [2.24, 2.45) is 0 Å². The van der Waals surface area contributed by atoms with Crippen molar-refractivity contribution in [3.8, 4) is 0 Å². The topological polar surface area (TPSA) is 58.6 Å². The van der Waals surface area contributed by atoms with Crippen molar-refractivity contribution < 1.29 is 14.3 Å². The molecule has 3 rings (SSSR count). The molecule has 5 heteroatoms. The van der Waals surface area contributed by atoms with Crippen molar-refractivity contribution in [2.45, 2.75) is 12.8 Å². The number of nitrogens with one attached hydrogen (secondary N) is 1. The molecule has 0 aromatic heterocycles. The van der Waals surface area contributed by atoms with Crippen molar-refractivity contribution in [3.05, 3.63) is 60.2 Å². The SMILES string of the molecule is O=C(CCC(=O)c1ccccc1)Nc1ccc(N2CCOCC2)cc1. The quantitative estimate of drug-likeness (QED) is 0.822. The van der Waals surface area contributed by atoms with Crippen LogP contribution in [0.25, 0.3) is 0 Å². The Balaban J connectivity index is 1.48. The number of hydrogen-bond donors (Lipinski definition) is 1. The smallest absolute Gasteiger partial charge is 0.224 e. The van der Waals surface area contributed by atoms with Crippen LogP contribution in [0.3, 0.4) is 0 Å². The Labute approximate surface area is 147 Å². The first-order chi connectivity index (χ1) is 12.2. The standard InChI is InChI=1S/C20H22N2O3/c23-19(16-4-2-1-3-5-16)10-11-20(24)21-17-6-8-18(9-7-17)22-12-14-25-15-13-22/h1-9H,10-15H2,(H,21,24). The van der Waals surface area contributed by atoms with E-state index in [1.54, 1.807) is 12.1 Å². The number of nitrogens with zero attached hydrogens (tertiary/aromatic N) is 1. The van der Waals surface area contributed by atoms with Gasteiger partial charge in [-0.25, -0.2) is 0 Å². The summed E-state index contributed by atoms with van der Waals surface area (Å²) in [5.74, 6) is -0.165. The Morgan fingerprint density at radius 3 is 2.28 bits per heavy atom. The number of ether oxygens (including phenoxy) is 1. The molecule has 0 radical (unpaired) electrons. The number of rotatable bonds is 6. The lowest BCUT2D eigenvalue weighted by molar-refractivity contribution is -0.116. The van der Waals surface area contributed by atoms with Crippen LogP contribution in [0.4, 0.5) is 11.4 Å². The molecule has 0 atom stereocenters. The highest BCUT2D eigenvalue weighted by Crippen LogP contribution is 2.19. The van der Waals surface area contributed by atoms with Gasteiger partial charge in [-0.15, -0.1) is 0 Å². The van der Waals surface area contributed by atoms with Crippen LogP contribution in [0.2, 0.25) is 0 Å². The van der Waals surface area contributed by atoms with E-state index in [2.05, 4.69) is 10.2 Å². The van der Waals surface area contributed by atoms with Gasteiger partial charge in [-0.1, -0.05) is 30.3 Å². The van der Waals surface area contributed by atoms with E-state index in [4.69, 9.17) is 4.74 Å². The Kier molecular flexibility index (Phi) is 5.80. The van der Waals surface area contributed by atoms with Gasteiger partial charge < -0.3 is 15.0 Å². The number of morpholine rings is 1. The van der Waals surface area contributed by atoms with Gasteiger partial charge in [0.25, 0.3) is 0 Å². The molecule has 1 aliphatic rings. The highest BCUT2D eigenvalue weighted by atomic mass is 16.5. The van der Waals surface area contributed by atoms with Crippen molar-refractivity contribution in [1.29, 1.82) is 0 Å². The predicted octanol–water partition coefficient (Wildman–Crippen LogP) is 3.12. The third kappa shape index (κ3) is 4.90. The van der Waals surface area contributed by atoms with E-state index in [0.29, 0.717) is 5.56 Å². The van der Waals surface area contributed by atoms with Gasteiger partial charge >= 0.3 is 0 Å². The Hall–Kier alpha value is -2.66. The summed E-state index contributed by atoms with van der Waals surface area (Å²) in [7, 11) is 0. The first-order valence-electron chi connectivity index (χ1n) is 8.53. The number of ketones is 1. The van der Waals surface area contributed by atoms with E-state index >= 15 is 0 Å². The molecule has 0 saturated carbocycles. The summed E-state index contributed by atoms with van der Waals surface area (Å²) in [5.41, 5.74) is 2.51. The summed E-state index contributed by atoms with van der Waals surface area (Å²) in [6.07, 6.45) is 0.390. The number of carbonyl (C=O) groups excluding carboxylic acids is 2. The van der Waals surface area contributed by atoms with E-state index in [1.807, 2.05) is 42.5 Å². The van der Waals surface area contributed by atoms with Crippen molar-refractivity contribution in [1.82, 2.24) is 0 Å². The van der Waals surface area contributed by atoms with Gasteiger partial charge in [0.05, 0.1) is 13.2 Å². The molecule has 1 N–H and O–H groups in total. The van der Waals surface area contributed by atoms with Gasteiger partial charge in [-0.3, -0.25) is 9.59 Å². The van der Waals surface area contributed by atoms with E-state index in [0.717, 1.165) is 37.7 Å². The molecule has 0 spiro atoms. The van der Waals surface area contributed by atoms with Crippen molar-refractivity contribution >= 4 is 23.1 Å². The van der Waals surface area contributed by atoms with E-state index in [9.17, 15) is 9.59 Å². The van der Waals surface area contributed by atoms with Gasteiger partial charge in [-0.05, 0) is 24.3 Å². The van der Waals surface area contributed by atoms with Crippen LogP contribution in [-0.2, 0) is 9.53 Å². The van der Waals surface area contributed by atoms with Gasteiger partial charge in [0.2, 0.25) is 5.91 Å². The van der Waals surface area contributed by atoms with Crippen LogP contribution >= 0.6 is 0 Å². The number of Topliss-reactive ketones (excluding diaryl/α,β-unsaturated/α-hetero) is 1. The van der Waals surface area contributed by atoms with Crippen LogP contribution in [0, 0.1) is 0 Å². The molecule has 2 aromatic rings. The number of benzene rings is 2. The monoisotopic (exact) mass is 338 g/mol. The highest BCUT2D eigenvalue weighted by Gasteiger charge is 2.12. The zero-order chi connectivity index (χ0) is 17.5. The summed E-state index contributed by atoms with van der Waals surface area (Å²) in [4.78, 5) is 26.3. The molecule has 0 aliphatic carbocycles. The van der Waals surface area contributed by atoms with E-state index in [1.165, 1.54) is 0 Å². The van der Waals surface area contributed by atoms with Gasteiger partial charge in [0.1, 0.15) is 0 Å². The largest absolute Gasteiger partial charge is 0.378 e. The average Bonchev–Trinajstić information content (AvgIpc) is 2.68. The molecule has 1 aliphatic heterocycles. The second-order valence-corrected chi connectivity index (χ2v) is 5.98. The summed E-state index contributed by atoms with van der Waals surface area (Å²) >= 11 is 0. The molecule has 1 heterocycles. The number of carbonyl (C=O) groups is 2. The molecule has 5 nitrogen and oxygen atoms in total. The molecule has 130 valence electrons. The van der Waals surface area contributed by atoms with E-state index < -0.39 is 0 Å². The molecular formula is C20H22N2O3. The first-order valence-corrected chi connectivity index (χ1v) is 8.53. The molecule has 2 aromatic carbocycles. The Bertz CT molecular complexity index is 707. The molecule has 1 saturated heterocycles. The highest BCUT2D eigenvalue weighted by molar-refractivity contribution is 6.00. The summed E-state index contributed by atoms with van der Waals surface area (Å²) in [5, 5.41) is 2.84. The summed E-state index contributed by atoms with van der Waals surface area (Å²) in [6.45, 7) is 3.25. The van der Waals surface area contributed by atoms with Crippen molar-refractivity contribution in [2.75, 3.05) is 36.5 Å². The molecule has 0 bridgehead atoms. The molecular weight excluding hydrogens is 316 g/mol.